The number of aliphatic hydroxyl groups is 1. The van der Waals surface area contributed by atoms with Crippen LogP contribution < -0.4 is 20.7 Å². The quantitative estimate of drug-likeness (QED) is 0.424. The molecule has 162 valence electrons. The van der Waals surface area contributed by atoms with Gasteiger partial charge in [-0.25, -0.2) is 9.97 Å². The summed E-state index contributed by atoms with van der Waals surface area (Å²) >= 11 is 0. The third-order valence-corrected chi connectivity index (χ3v) is 5.41. The second-order valence-electron chi connectivity index (χ2n) is 7.68. The normalized spacial score (nSPS) is 19.2. The fraction of sp³-hybridized carbons (Fsp3) is 0.333. The number of aliphatic hydroxyl groups excluding tert-OH is 1. The summed E-state index contributed by atoms with van der Waals surface area (Å²) in [5, 5.41) is 19.5. The van der Waals surface area contributed by atoms with E-state index in [1.54, 1.807) is 6.20 Å². The maximum Gasteiger partial charge on any atom is 0.223 e. The van der Waals surface area contributed by atoms with Crippen molar-refractivity contribution in [3.63, 3.8) is 0 Å². The first kappa shape index (κ1) is 21.2. The minimum absolute atomic E-state index is 0.0131. The molecule has 0 bridgehead atoms. The number of nitrogens with zero attached hydrogens (tertiary/aromatic N) is 2. The molecule has 0 amide bonds. The number of benzene rings is 2. The van der Waals surface area contributed by atoms with Crippen LogP contribution in [0, 0.1) is 0 Å². The lowest BCUT2D eigenvalue weighted by Gasteiger charge is -2.20. The van der Waals surface area contributed by atoms with E-state index in [0.717, 1.165) is 35.5 Å². The largest absolute Gasteiger partial charge is 0.486 e. The van der Waals surface area contributed by atoms with Gasteiger partial charge in [-0.2, -0.15) is 0 Å². The van der Waals surface area contributed by atoms with Crippen molar-refractivity contribution in [1.82, 2.24) is 20.6 Å². The van der Waals surface area contributed by atoms with Gasteiger partial charge in [0.25, 0.3) is 0 Å². The maximum absolute atomic E-state index is 9.98. The van der Waals surface area contributed by atoms with E-state index in [0.29, 0.717) is 19.0 Å². The van der Waals surface area contributed by atoms with E-state index in [4.69, 9.17) is 4.74 Å². The van der Waals surface area contributed by atoms with E-state index in [9.17, 15) is 5.11 Å². The van der Waals surface area contributed by atoms with Crippen molar-refractivity contribution in [2.45, 2.75) is 24.7 Å². The van der Waals surface area contributed by atoms with Gasteiger partial charge in [-0.3, -0.25) is 0 Å². The Morgan fingerprint density at radius 1 is 1.10 bits per heavy atom. The van der Waals surface area contributed by atoms with Gasteiger partial charge in [0.05, 0.1) is 17.8 Å². The van der Waals surface area contributed by atoms with E-state index >= 15 is 0 Å². The Morgan fingerprint density at radius 2 is 1.90 bits per heavy atom. The molecule has 4 N–H and O–H groups in total. The van der Waals surface area contributed by atoms with E-state index in [1.165, 1.54) is 0 Å². The first-order chi connectivity index (χ1) is 15.2. The van der Waals surface area contributed by atoms with Gasteiger partial charge in [-0.05, 0) is 49.5 Å². The second-order valence-corrected chi connectivity index (χ2v) is 7.68. The number of rotatable bonds is 9. The molecule has 1 saturated heterocycles. The molecule has 0 radical (unpaired) electrons. The monoisotopic (exact) mass is 419 g/mol. The average Bonchev–Trinajstić information content (AvgIpc) is 3.22. The highest BCUT2D eigenvalue weighted by molar-refractivity contribution is 5.61. The molecule has 1 aromatic heterocycles. The van der Waals surface area contributed by atoms with Crippen molar-refractivity contribution in [3.8, 4) is 17.0 Å². The lowest BCUT2D eigenvalue weighted by Crippen LogP contribution is -2.32. The van der Waals surface area contributed by atoms with Gasteiger partial charge >= 0.3 is 0 Å². The number of hydrogen-bond acceptors (Lipinski definition) is 7. The first-order valence-corrected chi connectivity index (χ1v) is 10.7. The molecule has 7 heteroatoms. The standard InChI is InChI=1S/C24H29N5O2/c1-25-13-12-23(18-5-3-2-4-6-18)31-19-9-7-17(8-10-19)20-11-14-27-24(28-20)29-21-15-26-16-22(21)30/h2-11,14,21-23,25-26,30H,12-13,15-16H2,1H3,(H,27,28,29)/t21-,22-,23?/m0/s1. The summed E-state index contributed by atoms with van der Waals surface area (Å²) in [6.07, 6.45) is 2.16. The fourth-order valence-electron chi connectivity index (χ4n) is 3.67. The van der Waals surface area contributed by atoms with Crippen LogP contribution in [0.3, 0.4) is 0 Å². The van der Waals surface area contributed by atoms with E-state index in [2.05, 4.69) is 38.1 Å². The van der Waals surface area contributed by atoms with Crippen LogP contribution >= 0.6 is 0 Å². The summed E-state index contributed by atoms with van der Waals surface area (Å²) in [4.78, 5) is 8.90. The molecule has 3 atom stereocenters. The Hall–Kier alpha value is -3.00. The first-order valence-electron chi connectivity index (χ1n) is 10.7. The van der Waals surface area contributed by atoms with Crippen molar-refractivity contribution in [2.24, 2.45) is 0 Å². The van der Waals surface area contributed by atoms with Gasteiger partial charge in [0.2, 0.25) is 5.95 Å². The third kappa shape index (κ3) is 5.58. The van der Waals surface area contributed by atoms with Crippen LogP contribution in [-0.4, -0.2) is 53.9 Å². The third-order valence-electron chi connectivity index (χ3n) is 5.41. The van der Waals surface area contributed by atoms with Gasteiger partial charge in [0.1, 0.15) is 11.9 Å². The van der Waals surface area contributed by atoms with Crippen molar-refractivity contribution in [1.29, 1.82) is 0 Å². The topological polar surface area (TPSA) is 91.3 Å². The predicted octanol–water partition coefficient (Wildman–Crippen LogP) is 2.62. The SMILES string of the molecule is CNCCC(Oc1ccc(-c2ccnc(N[C@H]3CNC[C@@H]3O)n2)cc1)c1ccccc1. The lowest BCUT2D eigenvalue weighted by atomic mass is 10.1. The molecule has 1 unspecified atom stereocenters. The molecule has 2 aromatic carbocycles. The van der Waals surface area contributed by atoms with Gasteiger partial charge in [0, 0.05) is 31.3 Å². The molecule has 0 saturated carbocycles. The summed E-state index contributed by atoms with van der Waals surface area (Å²) in [7, 11) is 1.95. The number of ether oxygens (including phenoxy) is 1. The van der Waals surface area contributed by atoms with Crippen LogP contribution in [0.15, 0.2) is 66.9 Å². The molecule has 31 heavy (non-hydrogen) atoms. The minimum Gasteiger partial charge on any atom is -0.486 e. The average molecular weight is 420 g/mol. The Bertz CT molecular complexity index is 952. The number of β-amino-alcohol motifs (C(OH)–C–C–N with tert-alkyl or cyclic N) is 1. The summed E-state index contributed by atoms with van der Waals surface area (Å²) in [5.41, 5.74) is 2.96. The maximum atomic E-state index is 9.98. The predicted molar refractivity (Wildman–Crippen MR) is 122 cm³/mol. The van der Waals surface area contributed by atoms with Gasteiger partial charge in [-0.15, -0.1) is 0 Å². The number of anilines is 1. The van der Waals surface area contributed by atoms with Crippen molar-refractivity contribution < 1.29 is 9.84 Å². The van der Waals surface area contributed by atoms with Crippen LogP contribution in [0.2, 0.25) is 0 Å². The zero-order valence-electron chi connectivity index (χ0n) is 17.7. The molecule has 4 rings (SSSR count). The summed E-state index contributed by atoms with van der Waals surface area (Å²) in [6.45, 7) is 2.15. The molecule has 2 heterocycles. The summed E-state index contributed by atoms with van der Waals surface area (Å²) in [5.74, 6) is 1.34. The Kier molecular flexibility index (Phi) is 7.09. The molecular weight excluding hydrogens is 390 g/mol. The molecule has 7 nitrogen and oxygen atoms in total. The lowest BCUT2D eigenvalue weighted by molar-refractivity contribution is 0.185. The molecular formula is C24H29N5O2. The van der Waals surface area contributed by atoms with Gasteiger partial charge < -0.3 is 25.8 Å². The Labute approximate surface area is 182 Å². The van der Waals surface area contributed by atoms with Crippen LogP contribution in [0.5, 0.6) is 5.75 Å². The smallest absolute Gasteiger partial charge is 0.223 e. The van der Waals surface area contributed by atoms with Crippen LogP contribution in [-0.2, 0) is 0 Å². The molecule has 1 fully saturated rings. The van der Waals surface area contributed by atoms with Crippen LogP contribution in [0.4, 0.5) is 5.95 Å². The molecule has 1 aliphatic rings. The molecule has 0 spiro atoms. The number of nitrogens with one attached hydrogen (secondary N) is 3. The van der Waals surface area contributed by atoms with Crippen molar-refractivity contribution in [3.05, 3.63) is 72.4 Å². The highest BCUT2D eigenvalue weighted by atomic mass is 16.5. The summed E-state index contributed by atoms with van der Waals surface area (Å²) in [6, 6.07) is 20.0. The Balaban J connectivity index is 1.45. The second kappa shape index (κ2) is 10.3. The highest BCUT2D eigenvalue weighted by Crippen LogP contribution is 2.27. The van der Waals surface area contributed by atoms with Gasteiger partial charge in [-0.1, -0.05) is 30.3 Å². The Morgan fingerprint density at radius 3 is 2.61 bits per heavy atom. The number of hydrogen-bond donors (Lipinski definition) is 4. The van der Waals surface area contributed by atoms with Crippen LogP contribution in [0.1, 0.15) is 18.1 Å². The van der Waals surface area contributed by atoms with Gasteiger partial charge in [0.15, 0.2) is 0 Å². The zero-order chi connectivity index (χ0) is 21.5. The molecule has 0 aliphatic carbocycles. The van der Waals surface area contributed by atoms with Crippen molar-refractivity contribution in [2.75, 3.05) is 32.0 Å². The van der Waals surface area contributed by atoms with Crippen molar-refractivity contribution >= 4 is 5.95 Å². The highest BCUT2D eigenvalue weighted by Gasteiger charge is 2.25. The summed E-state index contributed by atoms with van der Waals surface area (Å²) < 4.78 is 6.30. The molecule has 1 aliphatic heterocycles. The van der Waals surface area contributed by atoms with E-state index in [1.807, 2.05) is 55.6 Å². The minimum atomic E-state index is -0.441. The number of aromatic nitrogens is 2. The zero-order valence-corrected chi connectivity index (χ0v) is 17.7. The van der Waals surface area contributed by atoms with Crippen LogP contribution in [0.25, 0.3) is 11.3 Å². The van der Waals surface area contributed by atoms with E-state index < -0.39 is 6.10 Å². The van der Waals surface area contributed by atoms with E-state index in [-0.39, 0.29) is 12.1 Å². The fourth-order valence-corrected chi connectivity index (χ4v) is 3.67. The molecule has 3 aromatic rings.